The summed E-state index contributed by atoms with van der Waals surface area (Å²) in [5, 5.41) is 1.62. The van der Waals surface area contributed by atoms with Gasteiger partial charge in [-0.05, 0) is 29.8 Å². The summed E-state index contributed by atoms with van der Waals surface area (Å²) in [7, 11) is 0. The molecule has 3 atom stereocenters. The zero-order chi connectivity index (χ0) is 20.0. The Bertz CT molecular complexity index is 1070. The zero-order valence-corrected chi connectivity index (χ0v) is 15.3. The molecule has 2 aliphatic rings. The molecule has 0 radical (unpaired) electrons. The second-order valence-electron chi connectivity index (χ2n) is 7.03. The quantitative estimate of drug-likeness (QED) is 0.639. The van der Waals surface area contributed by atoms with Crippen LogP contribution in [0.15, 0.2) is 84.9 Å². The van der Waals surface area contributed by atoms with Crippen molar-refractivity contribution in [2.45, 2.75) is 12.1 Å². The van der Waals surface area contributed by atoms with Gasteiger partial charge in [0, 0.05) is 0 Å². The van der Waals surface area contributed by atoms with Gasteiger partial charge in [-0.3, -0.25) is 14.4 Å². The van der Waals surface area contributed by atoms with Crippen molar-refractivity contribution in [2.24, 2.45) is 5.92 Å². The predicted molar refractivity (Wildman–Crippen MR) is 105 cm³/mol. The van der Waals surface area contributed by atoms with Crippen LogP contribution in [0.2, 0.25) is 0 Å². The molecule has 2 amide bonds. The molecule has 0 spiro atoms. The molecule has 0 aliphatic carbocycles. The van der Waals surface area contributed by atoms with E-state index in [9.17, 15) is 14.0 Å². The Kier molecular flexibility index (Phi) is 4.14. The average Bonchev–Trinajstić information content (AvgIpc) is 3.26. The van der Waals surface area contributed by atoms with E-state index in [0.29, 0.717) is 0 Å². The van der Waals surface area contributed by atoms with Gasteiger partial charge in [0.05, 0.1) is 17.4 Å². The molecule has 29 heavy (non-hydrogen) atoms. The number of hydroxylamine groups is 1. The van der Waals surface area contributed by atoms with Crippen LogP contribution in [0.4, 0.5) is 15.8 Å². The summed E-state index contributed by atoms with van der Waals surface area (Å²) in [6, 6.07) is 24.0. The number of anilines is 2. The Morgan fingerprint density at radius 2 is 1.38 bits per heavy atom. The number of carbonyl (C=O) groups excluding carboxylic acids is 2. The highest BCUT2D eigenvalue weighted by molar-refractivity contribution is 6.24. The number of benzene rings is 3. The Morgan fingerprint density at radius 3 is 2.07 bits per heavy atom. The van der Waals surface area contributed by atoms with Crippen LogP contribution < -0.4 is 9.96 Å². The summed E-state index contributed by atoms with van der Waals surface area (Å²) < 4.78 is 14.3. The highest BCUT2D eigenvalue weighted by Gasteiger charge is 2.60. The topological polar surface area (TPSA) is 49.9 Å². The number of rotatable bonds is 3. The van der Waals surface area contributed by atoms with Crippen molar-refractivity contribution in [3.63, 3.8) is 0 Å². The number of nitrogens with zero attached hydrogens (tertiary/aromatic N) is 2. The highest BCUT2D eigenvalue weighted by Crippen LogP contribution is 2.47. The second kappa shape index (κ2) is 6.83. The maximum absolute atomic E-state index is 14.3. The smallest absolute Gasteiger partial charge is 0.266 e. The van der Waals surface area contributed by atoms with E-state index in [2.05, 4.69) is 0 Å². The molecular formula is C23H17FN2O3. The number of amides is 2. The van der Waals surface area contributed by atoms with Crippen LogP contribution in [0, 0.1) is 11.7 Å². The number of para-hydroxylation sites is 2. The number of hydrogen-bond acceptors (Lipinski definition) is 4. The molecule has 3 aromatic carbocycles. The zero-order valence-electron chi connectivity index (χ0n) is 15.3. The Labute approximate surface area is 166 Å². The van der Waals surface area contributed by atoms with E-state index >= 15 is 0 Å². The maximum Gasteiger partial charge on any atom is 0.266 e. The number of carbonyl (C=O) groups is 2. The van der Waals surface area contributed by atoms with Crippen LogP contribution in [0.3, 0.4) is 0 Å². The fraction of sp³-hybridized carbons (Fsp3) is 0.130. The first-order valence-corrected chi connectivity index (χ1v) is 9.35. The van der Waals surface area contributed by atoms with Gasteiger partial charge in [-0.25, -0.2) is 14.4 Å². The summed E-state index contributed by atoms with van der Waals surface area (Å²) in [6.45, 7) is 0. The molecule has 2 saturated heterocycles. The first-order chi connectivity index (χ1) is 14.2. The van der Waals surface area contributed by atoms with Crippen LogP contribution in [-0.2, 0) is 14.4 Å². The molecule has 3 unspecified atom stereocenters. The molecule has 6 heteroatoms. The van der Waals surface area contributed by atoms with Gasteiger partial charge in [0.1, 0.15) is 11.7 Å². The van der Waals surface area contributed by atoms with Gasteiger partial charge in [-0.2, -0.15) is 0 Å². The lowest BCUT2D eigenvalue weighted by Crippen LogP contribution is -2.37. The molecule has 0 aromatic heterocycles. The van der Waals surface area contributed by atoms with Crippen molar-refractivity contribution in [1.29, 1.82) is 0 Å². The van der Waals surface area contributed by atoms with Gasteiger partial charge in [0.25, 0.3) is 5.91 Å². The van der Waals surface area contributed by atoms with E-state index in [1.54, 1.807) is 11.1 Å². The van der Waals surface area contributed by atoms with Crippen LogP contribution in [0.25, 0.3) is 0 Å². The lowest BCUT2D eigenvalue weighted by molar-refractivity contribution is -0.126. The van der Waals surface area contributed by atoms with Crippen LogP contribution in [0.1, 0.15) is 11.6 Å². The molecule has 2 fully saturated rings. The third kappa shape index (κ3) is 2.72. The van der Waals surface area contributed by atoms with Gasteiger partial charge in [-0.1, -0.05) is 60.7 Å². The molecule has 2 heterocycles. The summed E-state index contributed by atoms with van der Waals surface area (Å²) in [6.07, 6.45) is -1.01. The first kappa shape index (κ1) is 17.6. The maximum atomic E-state index is 14.3. The van der Waals surface area contributed by atoms with Gasteiger partial charge in [0.2, 0.25) is 5.91 Å². The largest absolute Gasteiger partial charge is 0.273 e. The number of imide groups is 1. The summed E-state index contributed by atoms with van der Waals surface area (Å²) in [5.41, 5.74) is 1.55. The fourth-order valence-corrected chi connectivity index (χ4v) is 4.07. The highest BCUT2D eigenvalue weighted by atomic mass is 19.1. The van der Waals surface area contributed by atoms with E-state index in [1.807, 2.05) is 60.7 Å². The standard InChI is InChI=1S/C23H17FN2O3/c24-17-13-7-8-14-18(17)25-22(27)19-20(15-9-3-1-4-10-15)26(29-21(19)23(25)28)16-11-5-2-6-12-16/h1-14,19-21H. The SMILES string of the molecule is O=C1C2ON(c3ccccc3)C(c3ccccc3)C2C(=O)N1c1ccccc1F. The molecule has 3 aromatic rings. The van der Waals surface area contributed by atoms with Gasteiger partial charge >= 0.3 is 0 Å². The van der Waals surface area contributed by atoms with Gasteiger partial charge in [0.15, 0.2) is 6.10 Å². The summed E-state index contributed by atoms with van der Waals surface area (Å²) >= 11 is 0. The van der Waals surface area contributed by atoms with Crippen molar-refractivity contribution in [3.05, 3.63) is 96.3 Å². The third-order valence-corrected chi connectivity index (χ3v) is 5.36. The monoisotopic (exact) mass is 388 g/mol. The molecule has 0 saturated carbocycles. The molecular weight excluding hydrogens is 371 g/mol. The number of hydrogen-bond donors (Lipinski definition) is 0. The summed E-state index contributed by atoms with van der Waals surface area (Å²) in [4.78, 5) is 33.4. The van der Waals surface area contributed by atoms with Crippen LogP contribution in [-0.4, -0.2) is 17.9 Å². The number of halogens is 1. The van der Waals surface area contributed by atoms with Crippen molar-refractivity contribution in [3.8, 4) is 0 Å². The minimum absolute atomic E-state index is 0.0430. The van der Waals surface area contributed by atoms with E-state index in [4.69, 9.17) is 4.84 Å². The molecule has 5 nitrogen and oxygen atoms in total. The lowest BCUT2D eigenvalue weighted by Gasteiger charge is -2.28. The van der Waals surface area contributed by atoms with E-state index < -0.39 is 35.7 Å². The number of fused-ring (bicyclic) bond motifs is 1. The van der Waals surface area contributed by atoms with E-state index in [1.165, 1.54) is 18.2 Å². The van der Waals surface area contributed by atoms with E-state index in [0.717, 1.165) is 16.2 Å². The van der Waals surface area contributed by atoms with Gasteiger partial charge in [-0.15, -0.1) is 0 Å². The Balaban J connectivity index is 1.60. The Hall–Kier alpha value is -3.51. The third-order valence-electron chi connectivity index (χ3n) is 5.36. The van der Waals surface area contributed by atoms with Gasteiger partial charge < -0.3 is 0 Å². The predicted octanol–water partition coefficient (Wildman–Crippen LogP) is 3.88. The normalized spacial score (nSPS) is 23.6. The van der Waals surface area contributed by atoms with Crippen molar-refractivity contribution in [2.75, 3.05) is 9.96 Å². The first-order valence-electron chi connectivity index (χ1n) is 9.35. The lowest BCUT2D eigenvalue weighted by atomic mass is 9.90. The second-order valence-corrected chi connectivity index (χ2v) is 7.03. The molecule has 2 aliphatic heterocycles. The van der Waals surface area contributed by atoms with Crippen LogP contribution in [0.5, 0.6) is 0 Å². The van der Waals surface area contributed by atoms with Crippen molar-refractivity contribution in [1.82, 2.24) is 0 Å². The summed E-state index contributed by atoms with van der Waals surface area (Å²) in [5.74, 6) is -2.41. The van der Waals surface area contributed by atoms with Crippen molar-refractivity contribution < 1.29 is 18.8 Å². The molecule has 144 valence electrons. The molecule has 5 rings (SSSR count). The average molecular weight is 388 g/mol. The molecule has 0 bridgehead atoms. The van der Waals surface area contributed by atoms with Crippen molar-refractivity contribution >= 4 is 23.2 Å². The Morgan fingerprint density at radius 1 is 0.759 bits per heavy atom. The minimum atomic E-state index is -1.01. The van der Waals surface area contributed by atoms with E-state index in [-0.39, 0.29) is 5.69 Å². The fourth-order valence-electron chi connectivity index (χ4n) is 4.07. The minimum Gasteiger partial charge on any atom is -0.273 e. The molecule has 0 N–H and O–H groups in total. The van der Waals surface area contributed by atoms with Crippen LogP contribution >= 0.6 is 0 Å².